The highest BCUT2D eigenvalue weighted by Gasteiger charge is 2.56. The van der Waals surface area contributed by atoms with Crippen LogP contribution >= 0.6 is 0 Å². The van der Waals surface area contributed by atoms with Crippen molar-refractivity contribution in [3.63, 3.8) is 0 Å². The molecule has 6 heteroatoms. The maximum Gasteiger partial charge on any atom is 0.222 e. The zero-order valence-electron chi connectivity index (χ0n) is 9.54. The lowest BCUT2D eigenvalue weighted by Crippen LogP contribution is -2.52. The minimum atomic E-state index is -1.18. The predicted molar refractivity (Wildman–Crippen MR) is 56.3 cm³/mol. The lowest BCUT2D eigenvalue weighted by Gasteiger charge is -2.31. The number of rotatable bonds is 2. The number of likely N-dealkylation sites (tertiary alicyclic amines) is 1. The fourth-order valence-corrected chi connectivity index (χ4v) is 2.91. The van der Waals surface area contributed by atoms with Crippen LogP contribution in [0.15, 0.2) is 0 Å². The van der Waals surface area contributed by atoms with Gasteiger partial charge in [0.05, 0.1) is 19.8 Å². The van der Waals surface area contributed by atoms with Gasteiger partial charge in [-0.1, -0.05) is 0 Å². The number of carbonyl (C=O) groups is 1. The monoisotopic (exact) mass is 243 g/mol. The Morgan fingerprint density at radius 2 is 2.29 bits per heavy atom. The number of hydrogen-bond acceptors (Lipinski definition) is 5. The normalized spacial score (nSPS) is 45.6. The van der Waals surface area contributed by atoms with Crippen molar-refractivity contribution in [2.75, 3.05) is 26.3 Å². The number of β-amino-alcohol motifs (C(OH)–C–C–N with tert-alkyl or cyclic N) is 1. The third-order valence-electron chi connectivity index (χ3n) is 3.82. The summed E-state index contributed by atoms with van der Waals surface area (Å²) in [4.78, 5) is 13.2. The molecule has 0 unspecified atom stereocenters. The van der Waals surface area contributed by atoms with Gasteiger partial charge in [-0.25, -0.2) is 0 Å². The Labute approximate surface area is 99.1 Å². The molecule has 3 fully saturated rings. The lowest BCUT2D eigenvalue weighted by atomic mass is 9.95. The van der Waals surface area contributed by atoms with Gasteiger partial charge in [-0.3, -0.25) is 4.79 Å². The summed E-state index contributed by atoms with van der Waals surface area (Å²) < 4.78 is 10.8. The summed E-state index contributed by atoms with van der Waals surface area (Å²) >= 11 is 0. The number of aliphatic hydroxyl groups is 2. The van der Waals surface area contributed by atoms with Crippen molar-refractivity contribution in [2.24, 2.45) is 0 Å². The maximum atomic E-state index is 11.5. The number of carbonyl (C=O) groups excluding carboxylic acids is 1. The molecule has 0 bridgehead atoms. The Hall–Kier alpha value is -0.690. The molecule has 3 aliphatic heterocycles. The molecule has 3 heterocycles. The maximum absolute atomic E-state index is 11.5. The molecule has 1 amide bonds. The standard InChI is InChI=1S/C11H17NO5/c13-7-4-16-10-9(7)17-6-11(10,15)5-12-3-1-2-8(12)14/h7,9-10,13,15H,1-6H2/t7-,9-,10+,11-/m1/s1. The fraction of sp³-hybridized carbons (Fsp3) is 0.909. The van der Waals surface area contributed by atoms with E-state index in [-0.39, 0.29) is 25.7 Å². The minimum absolute atomic E-state index is 0.0698. The Balaban J connectivity index is 1.71. The van der Waals surface area contributed by atoms with Crippen LogP contribution in [0.1, 0.15) is 12.8 Å². The topological polar surface area (TPSA) is 79.2 Å². The fourth-order valence-electron chi connectivity index (χ4n) is 2.91. The molecule has 0 aromatic heterocycles. The van der Waals surface area contributed by atoms with Crippen LogP contribution in [0.5, 0.6) is 0 Å². The molecule has 4 atom stereocenters. The first-order valence-electron chi connectivity index (χ1n) is 6.01. The predicted octanol–water partition coefficient (Wildman–Crippen LogP) is -1.50. The molecular weight excluding hydrogens is 226 g/mol. The molecule has 2 N–H and O–H groups in total. The third kappa shape index (κ3) is 1.76. The van der Waals surface area contributed by atoms with E-state index in [0.29, 0.717) is 13.0 Å². The average Bonchev–Trinajstić information content (AvgIpc) is 2.92. The number of hydrogen-bond donors (Lipinski definition) is 2. The van der Waals surface area contributed by atoms with Gasteiger partial charge in [0.1, 0.15) is 23.9 Å². The van der Waals surface area contributed by atoms with Gasteiger partial charge in [-0.2, -0.15) is 0 Å². The van der Waals surface area contributed by atoms with Crippen molar-refractivity contribution >= 4 is 5.91 Å². The molecule has 0 saturated carbocycles. The van der Waals surface area contributed by atoms with E-state index < -0.39 is 23.9 Å². The first-order valence-corrected chi connectivity index (χ1v) is 6.01. The second-order valence-corrected chi connectivity index (χ2v) is 5.12. The Morgan fingerprint density at radius 1 is 1.47 bits per heavy atom. The number of ether oxygens (including phenoxy) is 2. The van der Waals surface area contributed by atoms with E-state index in [0.717, 1.165) is 6.42 Å². The van der Waals surface area contributed by atoms with Gasteiger partial charge >= 0.3 is 0 Å². The first-order chi connectivity index (χ1) is 8.10. The largest absolute Gasteiger partial charge is 0.388 e. The zero-order chi connectivity index (χ0) is 12.0. The van der Waals surface area contributed by atoms with Crippen molar-refractivity contribution in [3.05, 3.63) is 0 Å². The van der Waals surface area contributed by atoms with Crippen LogP contribution in [0.25, 0.3) is 0 Å². The first kappa shape index (κ1) is 11.4. The van der Waals surface area contributed by atoms with Gasteiger partial charge in [0, 0.05) is 13.0 Å². The number of nitrogens with zero attached hydrogens (tertiary/aromatic N) is 1. The smallest absolute Gasteiger partial charge is 0.222 e. The summed E-state index contributed by atoms with van der Waals surface area (Å²) in [6.07, 6.45) is -0.270. The van der Waals surface area contributed by atoms with Crippen LogP contribution < -0.4 is 0 Å². The van der Waals surface area contributed by atoms with Crippen LogP contribution in [0.3, 0.4) is 0 Å². The molecular formula is C11H17NO5. The molecule has 96 valence electrons. The zero-order valence-corrected chi connectivity index (χ0v) is 9.54. The highest BCUT2D eigenvalue weighted by atomic mass is 16.6. The van der Waals surface area contributed by atoms with E-state index in [1.54, 1.807) is 4.90 Å². The number of aliphatic hydroxyl groups excluding tert-OH is 1. The Morgan fingerprint density at radius 3 is 3.00 bits per heavy atom. The van der Waals surface area contributed by atoms with E-state index in [4.69, 9.17) is 9.47 Å². The van der Waals surface area contributed by atoms with E-state index in [1.807, 2.05) is 0 Å². The van der Waals surface area contributed by atoms with Gasteiger partial charge in [0.15, 0.2) is 0 Å². The van der Waals surface area contributed by atoms with Gasteiger partial charge in [-0.05, 0) is 6.42 Å². The second-order valence-electron chi connectivity index (χ2n) is 5.12. The van der Waals surface area contributed by atoms with Crippen molar-refractivity contribution in [2.45, 2.75) is 36.8 Å². The van der Waals surface area contributed by atoms with Crippen molar-refractivity contribution in [1.29, 1.82) is 0 Å². The SMILES string of the molecule is O=C1CCCN1C[C@@]1(O)CO[C@@H]2[C@H](O)CO[C@@H]21. The van der Waals surface area contributed by atoms with Crippen molar-refractivity contribution < 1.29 is 24.5 Å². The third-order valence-corrected chi connectivity index (χ3v) is 3.82. The summed E-state index contributed by atoms with van der Waals surface area (Å²) in [5, 5.41) is 20.1. The van der Waals surface area contributed by atoms with Crippen LogP contribution in [0, 0.1) is 0 Å². The quantitative estimate of drug-likeness (QED) is 0.617. The molecule has 3 saturated heterocycles. The van der Waals surface area contributed by atoms with Crippen LogP contribution in [0.4, 0.5) is 0 Å². The summed E-state index contributed by atoms with van der Waals surface area (Å²) in [7, 11) is 0. The molecule has 3 rings (SSSR count). The van der Waals surface area contributed by atoms with Crippen LogP contribution in [-0.4, -0.2) is 71.2 Å². The highest BCUT2D eigenvalue weighted by Crippen LogP contribution is 2.35. The summed E-state index contributed by atoms with van der Waals surface area (Å²) in [6.45, 7) is 1.22. The van der Waals surface area contributed by atoms with Crippen molar-refractivity contribution in [3.8, 4) is 0 Å². The molecule has 3 aliphatic rings. The van der Waals surface area contributed by atoms with Crippen molar-refractivity contribution in [1.82, 2.24) is 4.90 Å². The van der Waals surface area contributed by atoms with Gasteiger partial charge in [-0.15, -0.1) is 0 Å². The molecule has 0 aromatic carbocycles. The van der Waals surface area contributed by atoms with Gasteiger partial charge in [0.25, 0.3) is 0 Å². The second kappa shape index (κ2) is 3.91. The molecule has 0 spiro atoms. The van der Waals surface area contributed by atoms with E-state index in [9.17, 15) is 15.0 Å². The highest BCUT2D eigenvalue weighted by molar-refractivity contribution is 5.78. The van der Waals surface area contributed by atoms with E-state index >= 15 is 0 Å². The molecule has 17 heavy (non-hydrogen) atoms. The number of amides is 1. The Bertz CT molecular complexity index is 336. The minimum Gasteiger partial charge on any atom is -0.388 e. The van der Waals surface area contributed by atoms with Gasteiger partial charge < -0.3 is 24.6 Å². The Kier molecular flexibility index (Phi) is 2.62. The lowest BCUT2D eigenvalue weighted by molar-refractivity contribution is -0.134. The molecule has 0 aliphatic carbocycles. The van der Waals surface area contributed by atoms with E-state index in [2.05, 4.69) is 0 Å². The number of fused-ring (bicyclic) bond motifs is 1. The van der Waals surface area contributed by atoms with E-state index in [1.165, 1.54) is 0 Å². The summed E-state index contributed by atoms with van der Waals surface area (Å²) in [5.74, 6) is 0.0698. The van der Waals surface area contributed by atoms with Crippen LogP contribution in [-0.2, 0) is 14.3 Å². The van der Waals surface area contributed by atoms with Gasteiger partial charge in [0.2, 0.25) is 5.91 Å². The molecule has 6 nitrogen and oxygen atoms in total. The summed E-state index contributed by atoms with van der Waals surface area (Å²) in [6, 6.07) is 0. The average molecular weight is 243 g/mol. The molecule has 0 radical (unpaired) electrons. The summed E-state index contributed by atoms with van der Waals surface area (Å²) in [5.41, 5.74) is -1.18. The molecule has 0 aromatic rings. The van der Waals surface area contributed by atoms with Crippen LogP contribution in [0.2, 0.25) is 0 Å².